The van der Waals surface area contributed by atoms with E-state index < -0.39 is 12.2 Å². The van der Waals surface area contributed by atoms with Crippen molar-refractivity contribution in [1.82, 2.24) is 0 Å². The van der Waals surface area contributed by atoms with E-state index in [4.69, 9.17) is 18.9 Å². The van der Waals surface area contributed by atoms with Crippen molar-refractivity contribution in [2.24, 2.45) is 0 Å². The number of benzene rings is 2. The van der Waals surface area contributed by atoms with Crippen molar-refractivity contribution in [3.8, 4) is 23.0 Å². The molecule has 2 atom stereocenters. The Labute approximate surface area is 204 Å². The first kappa shape index (κ1) is 24.3. The fraction of sp³-hybridized carbons (Fsp3) is 0.364. The van der Waals surface area contributed by atoms with Gasteiger partial charge in [0, 0.05) is 35.0 Å². The highest BCUT2D eigenvalue weighted by Crippen LogP contribution is 2.35. The number of carbonyl (C=O) groups is 2. The number of aliphatic hydroxyl groups excluding tert-OH is 2. The van der Waals surface area contributed by atoms with Crippen LogP contribution in [-0.2, 0) is 9.59 Å². The van der Waals surface area contributed by atoms with Gasteiger partial charge in [0.25, 0.3) is 0 Å². The van der Waals surface area contributed by atoms with E-state index in [-0.39, 0.29) is 48.4 Å². The third kappa shape index (κ3) is 6.63. The van der Waals surface area contributed by atoms with Gasteiger partial charge >= 0.3 is 0 Å². The minimum atomic E-state index is -1.02. The molecule has 2 aliphatic heterocycles. The summed E-state index contributed by atoms with van der Waals surface area (Å²) in [7, 11) is 0. The predicted octanol–water partition coefficient (Wildman–Crippen LogP) is 1.91. The van der Waals surface area contributed by atoms with Crippen LogP contribution < -0.4 is 29.6 Å². The van der Waals surface area contributed by atoms with Crippen LogP contribution in [0.4, 0.5) is 11.4 Å². The molecule has 0 saturated carbocycles. The fourth-order valence-corrected chi connectivity index (χ4v) is 4.79. The van der Waals surface area contributed by atoms with Crippen molar-refractivity contribution < 1.29 is 38.7 Å². The fourth-order valence-electron chi connectivity index (χ4n) is 3.11. The molecule has 182 valence electrons. The van der Waals surface area contributed by atoms with Crippen molar-refractivity contribution >= 4 is 46.7 Å². The number of fused-ring (bicyclic) bond motifs is 2. The Bertz CT molecular complexity index is 956. The number of carbonyl (C=O) groups excluding carboxylic acids is 2. The van der Waals surface area contributed by atoms with E-state index in [0.717, 1.165) is 0 Å². The first-order valence-corrected chi connectivity index (χ1v) is 12.7. The van der Waals surface area contributed by atoms with Crippen LogP contribution in [0.2, 0.25) is 0 Å². The molecule has 34 heavy (non-hydrogen) atoms. The lowest BCUT2D eigenvalue weighted by molar-refractivity contribution is -0.114. The van der Waals surface area contributed by atoms with Crippen LogP contribution in [0.25, 0.3) is 0 Å². The number of anilines is 2. The lowest BCUT2D eigenvalue weighted by Crippen LogP contribution is -2.31. The average molecular weight is 509 g/mol. The average Bonchev–Trinajstić information content (AvgIpc) is 3.47. The summed E-state index contributed by atoms with van der Waals surface area (Å²) in [5.74, 6) is 2.53. The minimum absolute atomic E-state index is 0.114. The molecule has 4 N–H and O–H groups in total. The number of thioether (sulfide) groups is 2. The van der Waals surface area contributed by atoms with Gasteiger partial charge in [-0.05, 0) is 24.3 Å². The molecule has 12 heteroatoms. The Hall–Kier alpha value is -2.80. The van der Waals surface area contributed by atoms with Crippen LogP contribution in [-0.4, -0.2) is 70.8 Å². The maximum absolute atomic E-state index is 12.1. The van der Waals surface area contributed by atoms with E-state index >= 15 is 0 Å². The number of nitrogens with one attached hydrogen (secondary N) is 2. The van der Waals surface area contributed by atoms with E-state index in [1.54, 1.807) is 36.4 Å². The second-order valence-corrected chi connectivity index (χ2v) is 9.46. The molecule has 0 aromatic heterocycles. The molecule has 0 radical (unpaired) electrons. The molecule has 0 spiro atoms. The quantitative estimate of drug-likeness (QED) is 0.356. The molecule has 2 heterocycles. The van der Waals surface area contributed by atoms with E-state index in [9.17, 15) is 19.8 Å². The Balaban J connectivity index is 1.09. The van der Waals surface area contributed by atoms with E-state index in [1.807, 2.05) is 0 Å². The zero-order valence-corrected chi connectivity index (χ0v) is 19.7. The van der Waals surface area contributed by atoms with Crippen LogP contribution in [0.5, 0.6) is 23.0 Å². The lowest BCUT2D eigenvalue weighted by Gasteiger charge is -2.17. The molecule has 10 nitrogen and oxygen atoms in total. The van der Waals surface area contributed by atoms with Crippen LogP contribution >= 0.6 is 23.5 Å². The zero-order valence-electron chi connectivity index (χ0n) is 18.0. The normalized spacial score (nSPS) is 15.0. The van der Waals surface area contributed by atoms with Crippen LogP contribution in [0, 0.1) is 0 Å². The molecular weight excluding hydrogens is 484 g/mol. The Morgan fingerprint density at radius 1 is 0.735 bits per heavy atom. The number of hydrogen-bond acceptors (Lipinski definition) is 10. The second-order valence-electron chi connectivity index (χ2n) is 7.40. The number of aliphatic hydroxyl groups is 2. The van der Waals surface area contributed by atoms with Gasteiger partial charge in [-0.2, -0.15) is 0 Å². The van der Waals surface area contributed by atoms with Gasteiger partial charge in [-0.3, -0.25) is 9.59 Å². The molecule has 2 aromatic carbocycles. The van der Waals surface area contributed by atoms with E-state index in [1.165, 1.54) is 23.5 Å². The van der Waals surface area contributed by atoms with Crippen LogP contribution in [0.3, 0.4) is 0 Å². The number of ether oxygens (including phenoxy) is 4. The predicted molar refractivity (Wildman–Crippen MR) is 129 cm³/mol. The summed E-state index contributed by atoms with van der Waals surface area (Å²) < 4.78 is 21.0. The minimum Gasteiger partial charge on any atom is -0.454 e. The molecule has 0 fully saturated rings. The summed E-state index contributed by atoms with van der Waals surface area (Å²) in [4.78, 5) is 24.2. The molecule has 2 aliphatic rings. The Morgan fingerprint density at radius 3 is 1.59 bits per heavy atom. The SMILES string of the molecule is O=C(CSCC(O)C(O)CSCC(=O)Nc1ccc2c(c1)OCO2)Nc1ccc2c(c1)OCO2. The van der Waals surface area contributed by atoms with E-state index in [2.05, 4.69) is 10.6 Å². The van der Waals surface area contributed by atoms with E-state index in [0.29, 0.717) is 34.4 Å². The van der Waals surface area contributed by atoms with Crippen molar-refractivity contribution in [1.29, 1.82) is 0 Å². The highest BCUT2D eigenvalue weighted by Gasteiger charge is 2.19. The number of amides is 2. The summed E-state index contributed by atoms with van der Waals surface area (Å²) in [6, 6.07) is 10.2. The maximum atomic E-state index is 12.1. The van der Waals surface area contributed by atoms with Crippen LogP contribution in [0.1, 0.15) is 0 Å². The summed E-state index contributed by atoms with van der Waals surface area (Å²) in [5, 5.41) is 25.8. The Morgan fingerprint density at radius 2 is 1.15 bits per heavy atom. The molecular formula is C22H24N2O8S2. The summed E-state index contributed by atoms with van der Waals surface area (Å²) in [6.07, 6.45) is -2.04. The summed E-state index contributed by atoms with van der Waals surface area (Å²) in [5.41, 5.74) is 1.18. The molecule has 0 aliphatic carbocycles. The van der Waals surface area contributed by atoms with Crippen molar-refractivity contribution in [3.63, 3.8) is 0 Å². The van der Waals surface area contributed by atoms with Gasteiger partial charge in [-0.15, -0.1) is 23.5 Å². The molecule has 2 aromatic rings. The van der Waals surface area contributed by atoms with Gasteiger partial charge in [0.1, 0.15) is 0 Å². The molecule has 2 amide bonds. The topological polar surface area (TPSA) is 136 Å². The Kier molecular flexibility index (Phi) is 8.27. The van der Waals surface area contributed by atoms with Gasteiger partial charge in [-0.25, -0.2) is 0 Å². The van der Waals surface area contributed by atoms with Crippen LogP contribution in [0.15, 0.2) is 36.4 Å². The monoisotopic (exact) mass is 508 g/mol. The standard InChI is InChI=1S/C22H24N2O8S2/c25-15(7-33-9-21(27)23-13-1-3-17-19(5-13)31-11-29-17)16(26)8-34-10-22(28)24-14-2-4-18-20(6-14)32-12-30-18/h1-6,15-16,25-26H,7-12H2,(H,23,27)(H,24,28). The van der Waals surface area contributed by atoms with Crippen molar-refractivity contribution in [3.05, 3.63) is 36.4 Å². The van der Waals surface area contributed by atoms with Gasteiger partial charge in [0.05, 0.1) is 23.7 Å². The second kappa shape index (κ2) is 11.6. The smallest absolute Gasteiger partial charge is 0.234 e. The lowest BCUT2D eigenvalue weighted by atomic mass is 10.3. The van der Waals surface area contributed by atoms with Gasteiger partial charge in [-0.1, -0.05) is 0 Å². The van der Waals surface area contributed by atoms with Gasteiger partial charge in [0.15, 0.2) is 23.0 Å². The summed E-state index contributed by atoms with van der Waals surface area (Å²) >= 11 is 2.41. The first-order chi connectivity index (χ1) is 16.5. The largest absolute Gasteiger partial charge is 0.454 e. The highest BCUT2D eigenvalue weighted by molar-refractivity contribution is 8.00. The van der Waals surface area contributed by atoms with Crippen molar-refractivity contribution in [2.45, 2.75) is 12.2 Å². The summed E-state index contributed by atoms with van der Waals surface area (Å²) in [6.45, 7) is 0.317. The number of hydrogen-bond donors (Lipinski definition) is 4. The molecule has 4 rings (SSSR count). The molecule has 2 unspecified atom stereocenters. The molecule has 0 bridgehead atoms. The highest BCUT2D eigenvalue weighted by atomic mass is 32.2. The third-order valence-electron chi connectivity index (χ3n) is 4.80. The van der Waals surface area contributed by atoms with Gasteiger partial charge < -0.3 is 39.8 Å². The van der Waals surface area contributed by atoms with Gasteiger partial charge in [0.2, 0.25) is 25.4 Å². The molecule has 0 saturated heterocycles. The third-order valence-corrected chi connectivity index (χ3v) is 6.89. The number of rotatable bonds is 11. The zero-order chi connectivity index (χ0) is 23.9. The van der Waals surface area contributed by atoms with Crippen molar-refractivity contribution in [2.75, 3.05) is 47.2 Å². The first-order valence-electron chi connectivity index (χ1n) is 10.4. The maximum Gasteiger partial charge on any atom is 0.234 e.